The molecule has 1 fully saturated rings. The van der Waals surface area contributed by atoms with Gasteiger partial charge in [-0.3, -0.25) is 0 Å². The third-order valence-corrected chi connectivity index (χ3v) is 3.75. The molecule has 0 amide bonds. The number of benzene rings is 1. The maximum atomic E-state index is 11.5. The molecule has 3 nitrogen and oxygen atoms in total. The SMILES string of the molecule is COC(=O)c1cccc(NC2CCCCC2C)c1. The second kappa shape index (κ2) is 5.89. The molecule has 3 heteroatoms. The monoisotopic (exact) mass is 247 g/mol. The summed E-state index contributed by atoms with van der Waals surface area (Å²) in [5.41, 5.74) is 1.61. The van der Waals surface area contributed by atoms with Gasteiger partial charge in [0.05, 0.1) is 12.7 Å². The first kappa shape index (κ1) is 12.9. The molecule has 1 N–H and O–H groups in total. The molecule has 0 aromatic heterocycles. The molecule has 0 spiro atoms. The molecule has 1 saturated carbocycles. The van der Waals surface area contributed by atoms with E-state index in [1.807, 2.05) is 18.2 Å². The standard InChI is InChI=1S/C15H21NO2/c1-11-6-3-4-9-14(11)16-13-8-5-7-12(10-13)15(17)18-2/h5,7-8,10-11,14,16H,3-4,6,9H2,1-2H3. The zero-order valence-corrected chi connectivity index (χ0v) is 11.1. The number of anilines is 1. The zero-order chi connectivity index (χ0) is 13.0. The van der Waals surface area contributed by atoms with Crippen molar-refractivity contribution in [3.05, 3.63) is 29.8 Å². The van der Waals surface area contributed by atoms with Gasteiger partial charge >= 0.3 is 5.97 Å². The number of esters is 1. The van der Waals surface area contributed by atoms with E-state index in [9.17, 15) is 4.79 Å². The van der Waals surface area contributed by atoms with E-state index < -0.39 is 0 Å². The van der Waals surface area contributed by atoms with Gasteiger partial charge < -0.3 is 10.1 Å². The molecule has 0 radical (unpaired) electrons. The first-order valence-electron chi connectivity index (χ1n) is 6.65. The number of nitrogens with one attached hydrogen (secondary N) is 1. The first-order chi connectivity index (χ1) is 8.70. The minimum atomic E-state index is -0.282. The Morgan fingerprint density at radius 2 is 2.11 bits per heavy atom. The third-order valence-electron chi connectivity index (χ3n) is 3.75. The van der Waals surface area contributed by atoms with Gasteiger partial charge in [0.1, 0.15) is 0 Å². The molecule has 1 aliphatic carbocycles. The van der Waals surface area contributed by atoms with E-state index in [1.165, 1.54) is 32.8 Å². The lowest BCUT2D eigenvalue weighted by Gasteiger charge is -2.30. The van der Waals surface area contributed by atoms with Crippen LogP contribution in [0.5, 0.6) is 0 Å². The van der Waals surface area contributed by atoms with E-state index in [0.717, 1.165) is 5.69 Å². The van der Waals surface area contributed by atoms with Crippen LogP contribution < -0.4 is 5.32 Å². The van der Waals surface area contributed by atoms with Crippen LogP contribution in [-0.2, 0) is 4.74 Å². The fourth-order valence-electron chi connectivity index (χ4n) is 2.60. The van der Waals surface area contributed by atoms with Crippen LogP contribution in [0.4, 0.5) is 5.69 Å². The summed E-state index contributed by atoms with van der Waals surface area (Å²) in [4.78, 5) is 11.5. The highest BCUT2D eigenvalue weighted by Gasteiger charge is 2.21. The number of hydrogen-bond acceptors (Lipinski definition) is 3. The Balaban J connectivity index is 2.06. The molecule has 98 valence electrons. The molecule has 1 aromatic rings. The van der Waals surface area contributed by atoms with Crippen LogP contribution in [0.2, 0.25) is 0 Å². The average Bonchev–Trinajstić information content (AvgIpc) is 2.41. The van der Waals surface area contributed by atoms with E-state index in [1.54, 1.807) is 6.07 Å². The van der Waals surface area contributed by atoms with Crippen molar-refractivity contribution in [2.75, 3.05) is 12.4 Å². The Morgan fingerprint density at radius 3 is 2.83 bits per heavy atom. The normalized spacial score (nSPS) is 23.4. The lowest BCUT2D eigenvalue weighted by molar-refractivity contribution is 0.0601. The summed E-state index contributed by atoms with van der Waals surface area (Å²) in [6.07, 6.45) is 5.12. The second-order valence-electron chi connectivity index (χ2n) is 5.08. The van der Waals surface area contributed by atoms with Crippen molar-refractivity contribution in [2.45, 2.75) is 38.6 Å². The molecule has 0 bridgehead atoms. The summed E-state index contributed by atoms with van der Waals surface area (Å²) in [7, 11) is 1.41. The molecule has 1 aliphatic rings. The first-order valence-corrected chi connectivity index (χ1v) is 6.65. The molecule has 0 aliphatic heterocycles. The van der Waals surface area contributed by atoms with Crippen LogP contribution in [-0.4, -0.2) is 19.1 Å². The fraction of sp³-hybridized carbons (Fsp3) is 0.533. The van der Waals surface area contributed by atoms with Crippen LogP contribution in [0, 0.1) is 5.92 Å². The van der Waals surface area contributed by atoms with Crippen molar-refractivity contribution in [3.63, 3.8) is 0 Å². The summed E-state index contributed by atoms with van der Waals surface area (Å²) in [6.45, 7) is 2.29. The number of methoxy groups -OCH3 is 1. The molecule has 18 heavy (non-hydrogen) atoms. The van der Waals surface area contributed by atoms with E-state index in [2.05, 4.69) is 12.2 Å². The van der Waals surface area contributed by atoms with E-state index in [0.29, 0.717) is 17.5 Å². The largest absolute Gasteiger partial charge is 0.465 e. The molecule has 0 heterocycles. The van der Waals surface area contributed by atoms with Crippen LogP contribution in [0.3, 0.4) is 0 Å². The maximum absolute atomic E-state index is 11.5. The van der Waals surface area contributed by atoms with Crippen molar-refractivity contribution in [1.29, 1.82) is 0 Å². The number of ether oxygens (including phenoxy) is 1. The third kappa shape index (κ3) is 3.03. The van der Waals surface area contributed by atoms with Gasteiger partial charge in [-0.2, -0.15) is 0 Å². The molecular formula is C15H21NO2. The van der Waals surface area contributed by atoms with Gasteiger partial charge in [-0.1, -0.05) is 25.8 Å². The van der Waals surface area contributed by atoms with Crippen LogP contribution in [0.1, 0.15) is 43.0 Å². The predicted octanol–water partition coefficient (Wildman–Crippen LogP) is 3.46. The second-order valence-corrected chi connectivity index (χ2v) is 5.08. The van der Waals surface area contributed by atoms with E-state index in [-0.39, 0.29) is 5.97 Å². The number of carbonyl (C=O) groups excluding carboxylic acids is 1. The maximum Gasteiger partial charge on any atom is 0.337 e. The minimum Gasteiger partial charge on any atom is -0.465 e. The van der Waals surface area contributed by atoms with Gasteiger partial charge in [0.25, 0.3) is 0 Å². The lowest BCUT2D eigenvalue weighted by Crippen LogP contribution is -2.30. The summed E-state index contributed by atoms with van der Waals surface area (Å²) < 4.78 is 4.74. The van der Waals surface area contributed by atoms with E-state index in [4.69, 9.17) is 4.74 Å². The van der Waals surface area contributed by atoms with Crippen molar-refractivity contribution in [1.82, 2.24) is 0 Å². The summed E-state index contributed by atoms with van der Waals surface area (Å²) >= 11 is 0. The highest BCUT2D eigenvalue weighted by molar-refractivity contribution is 5.90. The van der Waals surface area contributed by atoms with Gasteiger partial charge in [-0.15, -0.1) is 0 Å². The highest BCUT2D eigenvalue weighted by Crippen LogP contribution is 2.27. The van der Waals surface area contributed by atoms with Crippen LogP contribution in [0.25, 0.3) is 0 Å². The van der Waals surface area contributed by atoms with Gasteiger partial charge in [0, 0.05) is 11.7 Å². The quantitative estimate of drug-likeness (QED) is 0.831. The summed E-state index contributed by atoms with van der Waals surface area (Å²) in [6, 6.07) is 8.07. The molecule has 2 unspecified atom stereocenters. The number of hydrogen-bond donors (Lipinski definition) is 1. The smallest absolute Gasteiger partial charge is 0.337 e. The zero-order valence-electron chi connectivity index (χ0n) is 11.1. The summed E-state index contributed by atoms with van der Waals surface area (Å²) in [5.74, 6) is 0.413. The Morgan fingerprint density at radius 1 is 1.33 bits per heavy atom. The van der Waals surface area contributed by atoms with Gasteiger partial charge in [0.2, 0.25) is 0 Å². The van der Waals surface area contributed by atoms with Crippen molar-refractivity contribution in [2.24, 2.45) is 5.92 Å². The van der Waals surface area contributed by atoms with Crippen molar-refractivity contribution >= 4 is 11.7 Å². The molecule has 2 atom stereocenters. The molecule has 2 rings (SSSR count). The van der Waals surface area contributed by atoms with Crippen molar-refractivity contribution < 1.29 is 9.53 Å². The average molecular weight is 247 g/mol. The Hall–Kier alpha value is -1.51. The predicted molar refractivity (Wildman–Crippen MR) is 72.8 cm³/mol. The van der Waals surface area contributed by atoms with Gasteiger partial charge in [-0.25, -0.2) is 4.79 Å². The highest BCUT2D eigenvalue weighted by atomic mass is 16.5. The van der Waals surface area contributed by atoms with Gasteiger partial charge in [0.15, 0.2) is 0 Å². The van der Waals surface area contributed by atoms with E-state index >= 15 is 0 Å². The molecule has 0 saturated heterocycles. The topological polar surface area (TPSA) is 38.3 Å². The molecular weight excluding hydrogens is 226 g/mol. The Labute approximate surface area is 109 Å². The van der Waals surface area contributed by atoms with Crippen molar-refractivity contribution in [3.8, 4) is 0 Å². The number of rotatable bonds is 3. The minimum absolute atomic E-state index is 0.282. The van der Waals surface area contributed by atoms with Gasteiger partial charge in [-0.05, 0) is 37.0 Å². The Bertz CT molecular complexity index is 417. The fourth-order valence-corrected chi connectivity index (χ4v) is 2.60. The molecule has 1 aromatic carbocycles. The number of carbonyl (C=O) groups is 1. The Kier molecular flexibility index (Phi) is 4.24. The van der Waals surface area contributed by atoms with Crippen LogP contribution >= 0.6 is 0 Å². The van der Waals surface area contributed by atoms with Crippen LogP contribution in [0.15, 0.2) is 24.3 Å². The lowest BCUT2D eigenvalue weighted by atomic mass is 9.86. The summed E-state index contributed by atoms with van der Waals surface area (Å²) in [5, 5.41) is 3.54.